The van der Waals surface area contributed by atoms with Gasteiger partial charge in [0.2, 0.25) is 0 Å². The maximum Gasteiger partial charge on any atom is 0.186 e. The van der Waals surface area contributed by atoms with Crippen molar-refractivity contribution < 1.29 is 4.79 Å². The molecule has 0 radical (unpaired) electrons. The fourth-order valence-electron chi connectivity index (χ4n) is 1.88. The minimum Gasteiger partial charge on any atom is -0.331 e. The first-order chi connectivity index (χ1) is 8.54. The molecule has 0 aliphatic heterocycles. The highest BCUT2D eigenvalue weighted by atomic mass is 79.9. The summed E-state index contributed by atoms with van der Waals surface area (Å²) in [4.78, 5) is 16.1. The van der Waals surface area contributed by atoms with Gasteiger partial charge in [0.15, 0.2) is 5.78 Å². The molecule has 0 aromatic carbocycles. The van der Waals surface area contributed by atoms with Crippen LogP contribution < -0.4 is 0 Å². The highest BCUT2D eigenvalue weighted by Gasteiger charge is 2.18. The number of carbonyl (C=O) groups excluding carboxylic acids is 1. The van der Waals surface area contributed by atoms with Crippen molar-refractivity contribution in [2.75, 3.05) is 0 Å². The molecular weight excluding hydrogens is 296 g/mol. The van der Waals surface area contributed by atoms with E-state index >= 15 is 0 Å². The fraction of sp³-hybridized carbons (Fsp3) is 0.417. The molecule has 0 aliphatic rings. The van der Waals surface area contributed by atoms with Crippen molar-refractivity contribution >= 4 is 21.7 Å². The Bertz CT molecular complexity index is 585. The molecule has 2 aromatic heterocycles. The summed E-state index contributed by atoms with van der Waals surface area (Å²) in [6.07, 6.45) is 4.38. The summed E-state index contributed by atoms with van der Waals surface area (Å²) in [5.41, 5.74) is 2.49. The molecule has 0 amide bonds. The third kappa shape index (κ3) is 2.25. The van der Waals surface area contributed by atoms with E-state index in [1.807, 2.05) is 21.0 Å². The van der Waals surface area contributed by atoms with Gasteiger partial charge in [-0.1, -0.05) is 6.92 Å². The summed E-state index contributed by atoms with van der Waals surface area (Å²) < 4.78 is 4.42. The first-order valence-electron chi connectivity index (χ1n) is 5.74. The smallest absolute Gasteiger partial charge is 0.186 e. The summed E-state index contributed by atoms with van der Waals surface area (Å²) in [6, 6.07) is 0. The average Bonchev–Trinajstić information content (AvgIpc) is 2.87. The van der Waals surface area contributed by atoms with Gasteiger partial charge in [0.05, 0.1) is 34.8 Å². The van der Waals surface area contributed by atoms with Crippen LogP contribution in [0, 0.1) is 0 Å². The zero-order chi connectivity index (χ0) is 13.3. The van der Waals surface area contributed by atoms with Gasteiger partial charge in [-0.3, -0.25) is 9.48 Å². The maximum atomic E-state index is 12.2. The van der Waals surface area contributed by atoms with Gasteiger partial charge >= 0.3 is 0 Å². The summed E-state index contributed by atoms with van der Waals surface area (Å²) in [5, 5.41) is 4.38. The quantitative estimate of drug-likeness (QED) is 0.811. The summed E-state index contributed by atoms with van der Waals surface area (Å²) in [5.74, 6) is 0.0429. The van der Waals surface area contributed by atoms with E-state index in [9.17, 15) is 4.79 Å². The molecule has 2 heterocycles. The molecule has 18 heavy (non-hydrogen) atoms. The van der Waals surface area contributed by atoms with Crippen LogP contribution in [0.4, 0.5) is 0 Å². The van der Waals surface area contributed by atoms with Crippen molar-refractivity contribution in [2.24, 2.45) is 14.1 Å². The average molecular weight is 311 g/mol. The highest BCUT2D eigenvalue weighted by molar-refractivity contribution is 9.10. The van der Waals surface area contributed by atoms with Gasteiger partial charge in [0.25, 0.3) is 0 Å². The summed E-state index contributed by atoms with van der Waals surface area (Å²) in [7, 11) is 3.67. The number of Topliss-reactive ketones (excluding diaryl/α,β-unsaturated/α-hetero) is 1. The van der Waals surface area contributed by atoms with Gasteiger partial charge in [0, 0.05) is 14.1 Å². The van der Waals surface area contributed by atoms with Gasteiger partial charge in [-0.2, -0.15) is 5.10 Å². The largest absolute Gasteiger partial charge is 0.331 e. The number of carbonyl (C=O) groups is 1. The maximum absolute atomic E-state index is 12.2. The molecule has 5 nitrogen and oxygen atoms in total. The number of ketones is 1. The highest BCUT2D eigenvalue weighted by Crippen LogP contribution is 2.22. The third-order valence-corrected chi connectivity index (χ3v) is 3.85. The third-order valence-electron chi connectivity index (χ3n) is 2.93. The van der Waals surface area contributed by atoms with Crippen LogP contribution in [0.25, 0.3) is 0 Å². The van der Waals surface area contributed by atoms with E-state index in [4.69, 9.17) is 0 Å². The second-order valence-electron chi connectivity index (χ2n) is 4.17. The van der Waals surface area contributed by atoms with Crippen LogP contribution in [-0.2, 0) is 26.9 Å². The molecule has 6 heteroatoms. The van der Waals surface area contributed by atoms with E-state index in [1.165, 1.54) is 0 Å². The van der Waals surface area contributed by atoms with Gasteiger partial charge in [-0.25, -0.2) is 4.98 Å². The Labute approximate surface area is 114 Å². The lowest BCUT2D eigenvalue weighted by Crippen LogP contribution is -2.11. The van der Waals surface area contributed by atoms with Gasteiger partial charge < -0.3 is 4.57 Å². The van der Waals surface area contributed by atoms with Crippen molar-refractivity contribution in [2.45, 2.75) is 19.8 Å². The first kappa shape index (κ1) is 13.0. The predicted octanol–water partition coefficient (Wildman–Crippen LogP) is 1.90. The van der Waals surface area contributed by atoms with Crippen LogP contribution in [0.5, 0.6) is 0 Å². The van der Waals surface area contributed by atoms with Gasteiger partial charge in [0.1, 0.15) is 5.69 Å². The molecular formula is C12H15BrN4O. The first-order valence-corrected chi connectivity index (χ1v) is 6.53. The SMILES string of the molecule is CCc1nn(C)c(CC(=O)c2cncn2C)c1Br. The fourth-order valence-corrected chi connectivity index (χ4v) is 2.64. The lowest BCUT2D eigenvalue weighted by Gasteiger charge is -2.03. The normalized spacial score (nSPS) is 10.9. The van der Waals surface area contributed by atoms with Crippen LogP contribution in [0.2, 0.25) is 0 Å². The summed E-state index contributed by atoms with van der Waals surface area (Å²) in [6.45, 7) is 2.04. The molecule has 0 saturated carbocycles. The number of aromatic nitrogens is 4. The van der Waals surface area contributed by atoms with Crippen LogP contribution in [0.1, 0.15) is 28.8 Å². The minimum absolute atomic E-state index is 0.0429. The minimum atomic E-state index is 0.0429. The number of rotatable bonds is 4. The van der Waals surface area contributed by atoms with Crippen LogP contribution >= 0.6 is 15.9 Å². The number of imidazole rings is 1. The molecule has 0 bridgehead atoms. The zero-order valence-electron chi connectivity index (χ0n) is 10.6. The number of aryl methyl sites for hydroxylation is 3. The molecule has 0 aliphatic carbocycles. The van der Waals surface area contributed by atoms with E-state index in [2.05, 4.69) is 26.0 Å². The zero-order valence-corrected chi connectivity index (χ0v) is 12.2. The van der Waals surface area contributed by atoms with Crippen molar-refractivity contribution in [3.63, 3.8) is 0 Å². The van der Waals surface area contributed by atoms with Gasteiger partial charge in [-0.15, -0.1) is 0 Å². The molecule has 96 valence electrons. The van der Waals surface area contributed by atoms with E-state index in [1.54, 1.807) is 21.8 Å². The van der Waals surface area contributed by atoms with Crippen molar-refractivity contribution in [3.05, 3.63) is 34.1 Å². The number of halogens is 1. The van der Waals surface area contributed by atoms with Crippen LogP contribution in [0.3, 0.4) is 0 Å². The molecule has 2 aromatic rings. The second-order valence-corrected chi connectivity index (χ2v) is 4.97. The molecule has 0 atom stereocenters. The van der Waals surface area contributed by atoms with Gasteiger partial charge in [-0.05, 0) is 22.4 Å². The predicted molar refractivity (Wildman–Crippen MR) is 71.5 cm³/mol. The Hall–Kier alpha value is -1.43. The van der Waals surface area contributed by atoms with E-state index < -0.39 is 0 Å². The van der Waals surface area contributed by atoms with E-state index in [0.29, 0.717) is 12.1 Å². The van der Waals surface area contributed by atoms with Crippen molar-refractivity contribution in [1.29, 1.82) is 0 Å². The lowest BCUT2D eigenvalue weighted by atomic mass is 10.1. The molecule has 0 saturated heterocycles. The topological polar surface area (TPSA) is 52.7 Å². The Morgan fingerprint density at radius 3 is 2.67 bits per heavy atom. The Balaban J connectivity index is 2.27. The standard InChI is InChI=1S/C12H15BrN4O/c1-4-8-12(13)9(17(3)15-8)5-11(18)10-6-14-7-16(10)2/h6-7H,4-5H2,1-3H3. The number of hydrogen-bond donors (Lipinski definition) is 0. The number of nitrogens with zero attached hydrogens (tertiary/aromatic N) is 4. The van der Waals surface area contributed by atoms with Crippen molar-refractivity contribution in [1.82, 2.24) is 19.3 Å². The molecule has 0 N–H and O–H groups in total. The second kappa shape index (κ2) is 5.06. The van der Waals surface area contributed by atoms with E-state index in [-0.39, 0.29) is 5.78 Å². The van der Waals surface area contributed by atoms with Crippen LogP contribution in [0.15, 0.2) is 17.0 Å². The molecule has 2 rings (SSSR count). The number of hydrogen-bond acceptors (Lipinski definition) is 3. The molecule has 0 fully saturated rings. The van der Waals surface area contributed by atoms with E-state index in [0.717, 1.165) is 22.3 Å². The summed E-state index contributed by atoms with van der Waals surface area (Å²) >= 11 is 3.51. The van der Waals surface area contributed by atoms with Crippen LogP contribution in [-0.4, -0.2) is 25.1 Å². The Morgan fingerprint density at radius 1 is 1.44 bits per heavy atom. The monoisotopic (exact) mass is 310 g/mol. The van der Waals surface area contributed by atoms with Crippen molar-refractivity contribution in [3.8, 4) is 0 Å². The Morgan fingerprint density at radius 2 is 2.17 bits per heavy atom. The molecule has 0 spiro atoms. The lowest BCUT2D eigenvalue weighted by molar-refractivity contribution is 0.0983. The molecule has 0 unspecified atom stereocenters. The Kier molecular flexibility index (Phi) is 3.65.